The predicted octanol–water partition coefficient (Wildman–Crippen LogP) is 2.79. The zero-order valence-electron chi connectivity index (χ0n) is 11.0. The number of anilines is 1. The number of esters is 1. The van der Waals surface area contributed by atoms with E-state index in [1.807, 2.05) is 0 Å². The van der Waals surface area contributed by atoms with Crippen LogP contribution in [0, 0.1) is 0 Å². The molecule has 19 heavy (non-hydrogen) atoms. The summed E-state index contributed by atoms with van der Waals surface area (Å²) in [5.41, 5.74) is -0.0477. The normalized spacial score (nSPS) is 10.9. The lowest BCUT2D eigenvalue weighted by molar-refractivity contribution is -0.134. The first kappa shape index (κ1) is 15.3. The van der Waals surface area contributed by atoms with Crippen molar-refractivity contribution in [2.75, 3.05) is 11.9 Å². The van der Waals surface area contributed by atoms with Crippen LogP contribution in [0.3, 0.4) is 0 Å². The van der Waals surface area contributed by atoms with Gasteiger partial charge in [0.15, 0.2) is 0 Å². The Morgan fingerprint density at radius 3 is 2.53 bits per heavy atom. The van der Waals surface area contributed by atoms with Gasteiger partial charge in [0.2, 0.25) is 0 Å². The van der Waals surface area contributed by atoms with Gasteiger partial charge in [0.1, 0.15) is 12.1 Å². The van der Waals surface area contributed by atoms with Crippen molar-refractivity contribution in [3.63, 3.8) is 0 Å². The lowest BCUT2D eigenvalue weighted by Gasteiger charge is -2.20. The van der Waals surface area contributed by atoms with Gasteiger partial charge in [-0.3, -0.25) is 4.79 Å². The molecule has 0 unspecified atom stereocenters. The molecule has 5 nitrogen and oxygen atoms in total. The minimum atomic E-state index is -1.02. The third kappa shape index (κ3) is 5.18. The van der Waals surface area contributed by atoms with Crippen LogP contribution in [0.5, 0.6) is 0 Å². The van der Waals surface area contributed by atoms with Crippen LogP contribution < -0.4 is 5.32 Å². The summed E-state index contributed by atoms with van der Waals surface area (Å²) < 4.78 is 5.24. The number of carboxylic acids is 1. The lowest BCUT2D eigenvalue weighted by atomic mass is 10.1. The van der Waals surface area contributed by atoms with Gasteiger partial charge in [0, 0.05) is 10.7 Å². The van der Waals surface area contributed by atoms with Crippen molar-refractivity contribution in [1.29, 1.82) is 0 Å². The highest BCUT2D eigenvalue weighted by atomic mass is 35.5. The molecule has 1 rings (SSSR count). The third-order valence-electron chi connectivity index (χ3n) is 2.03. The average Bonchev–Trinajstić information content (AvgIpc) is 2.24. The van der Waals surface area contributed by atoms with E-state index in [0.717, 1.165) is 0 Å². The van der Waals surface area contributed by atoms with Gasteiger partial charge in [0.25, 0.3) is 0 Å². The van der Waals surface area contributed by atoms with Gasteiger partial charge >= 0.3 is 11.9 Å². The Kier molecular flexibility index (Phi) is 4.78. The standard InChI is InChI=1S/C13H16ClNO4/c1-13(2,3)19-12(18)9-6-8(14)4-5-10(9)15-7-11(16)17/h4-6,15H,7H2,1-3H3,(H,16,17). The van der Waals surface area contributed by atoms with Crippen LogP contribution in [-0.2, 0) is 9.53 Å². The van der Waals surface area contributed by atoms with Crippen molar-refractivity contribution in [3.05, 3.63) is 28.8 Å². The highest BCUT2D eigenvalue weighted by Crippen LogP contribution is 2.23. The number of rotatable bonds is 4. The molecule has 0 atom stereocenters. The number of hydrogen-bond acceptors (Lipinski definition) is 4. The van der Waals surface area contributed by atoms with Crippen molar-refractivity contribution >= 4 is 29.2 Å². The number of benzene rings is 1. The average molecular weight is 286 g/mol. The summed E-state index contributed by atoms with van der Waals surface area (Å²) >= 11 is 5.84. The van der Waals surface area contributed by atoms with Crippen molar-refractivity contribution in [2.45, 2.75) is 26.4 Å². The number of carboxylic acid groups (broad SMARTS) is 1. The van der Waals surface area contributed by atoms with E-state index >= 15 is 0 Å². The fourth-order valence-corrected chi connectivity index (χ4v) is 1.52. The zero-order valence-corrected chi connectivity index (χ0v) is 11.7. The van der Waals surface area contributed by atoms with E-state index in [2.05, 4.69) is 5.32 Å². The maximum absolute atomic E-state index is 12.0. The second kappa shape index (κ2) is 5.93. The molecular formula is C13H16ClNO4. The summed E-state index contributed by atoms with van der Waals surface area (Å²) in [4.78, 5) is 22.6. The van der Waals surface area contributed by atoms with E-state index in [9.17, 15) is 9.59 Å². The van der Waals surface area contributed by atoms with Gasteiger partial charge in [-0.05, 0) is 39.0 Å². The van der Waals surface area contributed by atoms with Crippen LogP contribution in [0.2, 0.25) is 5.02 Å². The minimum absolute atomic E-state index is 0.212. The van der Waals surface area contributed by atoms with E-state index in [1.165, 1.54) is 6.07 Å². The molecule has 0 saturated heterocycles. The molecule has 0 fully saturated rings. The van der Waals surface area contributed by atoms with E-state index < -0.39 is 17.5 Å². The SMILES string of the molecule is CC(C)(C)OC(=O)c1cc(Cl)ccc1NCC(=O)O. The van der Waals surface area contributed by atoms with E-state index in [1.54, 1.807) is 32.9 Å². The molecular weight excluding hydrogens is 270 g/mol. The van der Waals surface area contributed by atoms with Gasteiger partial charge in [0.05, 0.1) is 5.56 Å². The summed E-state index contributed by atoms with van der Waals surface area (Å²) in [6.45, 7) is 4.96. The number of ether oxygens (including phenoxy) is 1. The molecule has 1 aromatic rings. The Bertz CT molecular complexity index is 494. The molecule has 0 amide bonds. The molecule has 0 bridgehead atoms. The van der Waals surface area contributed by atoms with Gasteiger partial charge in [-0.1, -0.05) is 11.6 Å². The van der Waals surface area contributed by atoms with E-state index in [0.29, 0.717) is 10.7 Å². The first-order valence-corrected chi connectivity index (χ1v) is 6.05. The Balaban J connectivity index is 2.99. The van der Waals surface area contributed by atoms with Crippen molar-refractivity contribution in [1.82, 2.24) is 0 Å². The van der Waals surface area contributed by atoms with Gasteiger partial charge in [-0.2, -0.15) is 0 Å². The largest absolute Gasteiger partial charge is 0.480 e. The van der Waals surface area contributed by atoms with Gasteiger partial charge < -0.3 is 15.2 Å². The fourth-order valence-electron chi connectivity index (χ4n) is 1.34. The minimum Gasteiger partial charge on any atom is -0.480 e. The van der Waals surface area contributed by atoms with Gasteiger partial charge in [-0.15, -0.1) is 0 Å². The molecule has 0 heterocycles. The van der Waals surface area contributed by atoms with Crippen molar-refractivity contribution in [2.24, 2.45) is 0 Å². The Morgan fingerprint density at radius 1 is 1.37 bits per heavy atom. The van der Waals surface area contributed by atoms with Crippen LogP contribution >= 0.6 is 11.6 Å². The molecule has 0 aromatic heterocycles. The highest BCUT2D eigenvalue weighted by Gasteiger charge is 2.20. The smallest absolute Gasteiger partial charge is 0.340 e. The van der Waals surface area contributed by atoms with Crippen LogP contribution in [0.4, 0.5) is 5.69 Å². The zero-order chi connectivity index (χ0) is 14.6. The van der Waals surface area contributed by atoms with E-state index in [-0.39, 0.29) is 12.1 Å². The Labute approximate surface area is 116 Å². The molecule has 104 valence electrons. The monoisotopic (exact) mass is 285 g/mol. The second-order valence-corrected chi connectivity index (χ2v) is 5.38. The number of carbonyl (C=O) groups is 2. The Morgan fingerprint density at radius 2 is 2.00 bits per heavy atom. The van der Waals surface area contributed by atoms with Crippen molar-refractivity contribution in [3.8, 4) is 0 Å². The van der Waals surface area contributed by atoms with Gasteiger partial charge in [-0.25, -0.2) is 4.79 Å². The molecule has 6 heteroatoms. The van der Waals surface area contributed by atoms with Crippen LogP contribution in [0.25, 0.3) is 0 Å². The third-order valence-corrected chi connectivity index (χ3v) is 2.27. The number of hydrogen-bond donors (Lipinski definition) is 2. The molecule has 0 aliphatic carbocycles. The molecule has 0 aliphatic rings. The van der Waals surface area contributed by atoms with Crippen LogP contribution in [0.1, 0.15) is 31.1 Å². The van der Waals surface area contributed by atoms with Crippen LogP contribution in [0.15, 0.2) is 18.2 Å². The highest BCUT2D eigenvalue weighted by molar-refractivity contribution is 6.31. The molecule has 1 aromatic carbocycles. The number of aliphatic carboxylic acids is 1. The summed E-state index contributed by atoms with van der Waals surface area (Å²) in [6, 6.07) is 4.56. The summed E-state index contributed by atoms with van der Waals surface area (Å²) in [7, 11) is 0. The summed E-state index contributed by atoms with van der Waals surface area (Å²) in [5.74, 6) is -1.58. The molecule has 0 aliphatic heterocycles. The topological polar surface area (TPSA) is 75.6 Å². The summed E-state index contributed by atoms with van der Waals surface area (Å²) in [6.07, 6.45) is 0. The number of carbonyl (C=O) groups excluding carboxylic acids is 1. The number of halogens is 1. The second-order valence-electron chi connectivity index (χ2n) is 4.94. The number of nitrogens with one attached hydrogen (secondary N) is 1. The molecule has 0 radical (unpaired) electrons. The molecule has 0 spiro atoms. The predicted molar refractivity (Wildman–Crippen MR) is 72.7 cm³/mol. The fraction of sp³-hybridized carbons (Fsp3) is 0.385. The molecule has 0 saturated carbocycles. The van der Waals surface area contributed by atoms with E-state index in [4.69, 9.17) is 21.4 Å². The first-order chi connectivity index (χ1) is 8.69. The van der Waals surface area contributed by atoms with Crippen LogP contribution in [-0.4, -0.2) is 29.2 Å². The quantitative estimate of drug-likeness (QED) is 0.832. The lowest BCUT2D eigenvalue weighted by Crippen LogP contribution is -2.25. The summed E-state index contributed by atoms with van der Waals surface area (Å²) in [5, 5.41) is 11.7. The molecule has 2 N–H and O–H groups in total. The maximum atomic E-state index is 12.0. The van der Waals surface area contributed by atoms with Crippen molar-refractivity contribution < 1.29 is 19.4 Å². The maximum Gasteiger partial charge on any atom is 0.340 e. The Hall–Kier alpha value is -1.75. The first-order valence-electron chi connectivity index (χ1n) is 5.67.